The molecule has 0 saturated heterocycles. The van der Waals surface area contributed by atoms with Gasteiger partial charge in [-0.1, -0.05) is 23.4 Å². The summed E-state index contributed by atoms with van der Waals surface area (Å²) in [6.07, 6.45) is 3.39. The number of amidine groups is 1. The lowest BCUT2D eigenvalue weighted by molar-refractivity contribution is 0.318. The van der Waals surface area contributed by atoms with Gasteiger partial charge in [-0.05, 0) is 18.2 Å². The van der Waals surface area contributed by atoms with Crippen LogP contribution in [0.4, 0.5) is 0 Å². The second-order valence-corrected chi connectivity index (χ2v) is 3.97. The van der Waals surface area contributed by atoms with Gasteiger partial charge in [0.15, 0.2) is 11.7 Å². The van der Waals surface area contributed by atoms with Gasteiger partial charge in [0, 0.05) is 11.6 Å². The standard InChI is InChI=1S/C13H11N5O/c14-12(17-19)10-5-3-7-15-13(10)18-11-6-2-1-4-9(11)8-16-18/h1-8,19H,(H2,14,17). The number of hydrogen-bond acceptors (Lipinski definition) is 4. The summed E-state index contributed by atoms with van der Waals surface area (Å²) < 4.78 is 1.67. The SMILES string of the molecule is NC(=NO)c1cccnc1-n1ncc2ccccc21. The summed E-state index contributed by atoms with van der Waals surface area (Å²) in [6, 6.07) is 11.2. The van der Waals surface area contributed by atoms with E-state index in [1.54, 1.807) is 29.2 Å². The summed E-state index contributed by atoms with van der Waals surface area (Å²) in [5.74, 6) is 0.529. The molecule has 19 heavy (non-hydrogen) atoms. The number of fused-ring (bicyclic) bond motifs is 1. The zero-order chi connectivity index (χ0) is 13.2. The predicted molar refractivity (Wildman–Crippen MR) is 71.4 cm³/mol. The van der Waals surface area contributed by atoms with Gasteiger partial charge < -0.3 is 10.9 Å². The Kier molecular flexibility index (Phi) is 2.60. The Labute approximate surface area is 108 Å². The van der Waals surface area contributed by atoms with Gasteiger partial charge in [-0.2, -0.15) is 5.10 Å². The van der Waals surface area contributed by atoms with Crippen molar-refractivity contribution < 1.29 is 5.21 Å². The highest BCUT2D eigenvalue weighted by atomic mass is 16.4. The minimum atomic E-state index is 0.00248. The Morgan fingerprint density at radius 3 is 2.89 bits per heavy atom. The molecule has 94 valence electrons. The van der Waals surface area contributed by atoms with Crippen LogP contribution < -0.4 is 5.73 Å². The van der Waals surface area contributed by atoms with Gasteiger partial charge in [-0.25, -0.2) is 9.67 Å². The van der Waals surface area contributed by atoms with Gasteiger partial charge in [0.05, 0.1) is 17.3 Å². The first-order chi connectivity index (χ1) is 9.31. The Morgan fingerprint density at radius 1 is 1.21 bits per heavy atom. The smallest absolute Gasteiger partial charge is 0.173 e. The van der Waals surface area contributed by atoms with Crippen LogP contribution in [0.15, 0.2) is 53.9 Å². The fourth-order valence-electron chi connectivity index (χ4n) is 1.96. The Bertz CT molecular complexity index is 762. The zero-order valence-corrected chi connectivity index (χ0v) is 9.93. The summed E-state index contributed by atoms with van der Waals surface area (Å²) in [7, 11) is 0. The van der Waals surface area contributed by atoms with Crippen LogP contribution in [-0.4, -0.2) is 25.8 Å². The maximum atomic E-state index is 8.83. The van der Waals surface area contributed by atoms with Crippen LogP contribution in [0, 0.1) is 0 Å². The minimum absolute atomic E-state index is 0.00248. The fraction of sp³-hybridized carbons (Fsp3) is 0. The summed E-state index contributed by atoms with van der Waals surface area (Å²) in [5, 5.41) is 17.2. The van der Waals surface area contributed by atoms with Crippen molar-refractivity contribution >= 4 is 16.7 Å². The summed E-state index contributed by atoms with van der Waals surface area (Å²) in [5.41, 5.74) is 7.10. The number of rotatable bonds is 2. The molecule has 0 aliphatic heterocycles. The van der Waals surface area contributed by atoms with Gasteiger partial charge >= 0.3 is 0 Å². The van der Waals surface area contributed by atoms with Crippen LogP contribution >= 0.6 is 0 Å². The second kappa shape index (κ2) is 4.41. The van der Waals surface area contributed by atoms with Gasteiger partial charge in [0.1, 0.15) is 0 Å². The second-order valence-electron chi connectivity index (χ2n) is 3.97. The minimum Gasteiger partial charge on any atom is -0.409 e. The lowest BCUT2D eigenvalue weighted by Crippen LogP contribution is -2.17. The van der Waals surface area contributed by atoms with E-state index in [9.17, 15) is 0 Å². The van der Waals surface area contributed by atoms with E-state index in [0.717, 1.165) is 10.9 Å². The van der Waals surface area contributed by atoms with Crippen LogP contribution in [-0.2, 0) is 0 Å². The molecule has 3 rings (SSSR count). The molecule has 0 fully saturated rings. The molecule has 0 aliphatic carbocycles. The molecule has 1 aromatic carbocycles. The van der Waals surface area contributed by atoms with Gasteiger partial charge in [-0.3, -0.25) is 0 Å². The van der Waals surface area contributed by atoms with E-state index in [1.807, 2.05) is 24.3 Å². The van der Waals surface area contributed by atoms with Gasteiger partial charge in [-0.15, -0.1) is 0 Å². The average Bonchev–Trinajstić information content (AvgIpc) is 2.90. The molecular formula is C13H11N5O. The van der Waals surface area contributed by atoms with Crippen molar-refractivity contribution in [3.63, 3.8) is 0 Å². The highest BCUT2D eigenvalue weighted by Gasteiger charge is 2.12. The van der Waals surface area contributed by atoms with Crippen molar-refractivity contribution in [3.05, 3.63) is 54.4 Å². The van der Waals surface area contributed by atoms with E-state index in [1.165, 1.54) is 0 Å². The molecule has 0 radical (unpaired) electrons. The number of pyridine rings is 1. The van der Waals surface area contributed by atoms with Crippen LogP contribution in [0.1, 0.15) is 5.56 Å². The molecule has 0 unspecified atom stereocenters. The highest BCUT2D eigenvalue weighted by Crippen LogP contribution is 2.18. The molecule has 0 amide bonds. The van der Waals surface area contributed by atoms with Crippen LogP contribution in [0.5, 0.6) is 0 Å². The molecule has 3 aromatic rings. The Morgan fingerprint density at radius 2 is 2.05 bits per heavy atom. The first-order valence-electron chi connectivity index (χ1n) is 5.67. The number of hydrogen-bond donors (Lipinski definition) is 2. The number of benzene rings is 1. The molecule has 2 aromatic heterocycles. The summed E-state index contributed by atoms with van der Waals surface area (Å²) in [4.78, 5) is 4.27. The molecule has 0 aliphatic rings. The average molecular weight is 253 g/mol. The number of para-hydroxylation sites is 1. The maximum Gasteiger partial charge on any atom is 0.173 e. The van der Waals surface area contributed by atoms with E-state index < -0.39 is 0 Å². The van der Waals surface area contributed by atoms with Gasteiger partial charge in [0.2, 0.25) is 0 Å². The van der Waals surface area contributed by atoms with Crippen molar-refractivity contribution in [3.8, 4) is 5.82 Å². The normalized spacial score (nSPS) is 11.9. The number of aromatic nitrogens is 3. The maximum absolute atomic E-state index is 8.83. The molecule has 6 heteroatoms. The molecule has 0 saturated carbocycles. The molecule has 3 N–H and O–H groups in total. The topological polar surface area (TPSA) is 89.3 Å². The third kappa shape index (κ3) is 1.79. The van der Waals surface area contributed by atoms with Crippen LogP contribution in [0.25, 0.3) is 16.7 Å². The quantitative estimate of drug-likeness (QED) is 0.313. The van der Waals surface area contributed by atoms with Crippen molar-refractivity contribution in [2.75, 3.05) is 0 Å². The van der Waals surface area contributed by atoms with Crippen molar-refractivity contribution in [2.24, 2.45) is 10.9 Å². The third-order valence-corrected chi connectivity index (χ3v) is 2.85. The number of nitrogens with zero attached hydrogens (tertiary/aromatic N) is 4. The number of nitrogens with two attached hydrogens (primary N) is 1. The van der Waals surface area contributed by atoms with E-state index in [2.05, 4.69) is 15.2 Å². The summed E-state index contributed by atoms with van der Waals surface area (Å²) in [6.45, 7) is 0. The number of oxime groups is 1. The highest BCUT2D eigenvalue weighted by molar-refractivity contribution is 6.00. The van der Waals surface area contributed by atoms with Gasteiger partial charge in [0.25, 0.3) is 0 Å². The Hall–Kier alpha value is -2.89. The third-order valence-electron chi connectivity index (χ3n) is 2.85. The lowest BCUT2D eigenvalue weighted by atomic mass is 10.2. The molecule has 0 spiro atoms. The molecule has 0 bridgehead atoms. The lowest BCUT2D eigenvalue weighted by Gasteiger charge is -2.07. The van der Waals surface area contributed by atoms with E-state index in [4.69, 9.17) is 10.9 Å². The van der Waals surface area contributed by atoms with Crippen molar-refractivity contribution in [1.29, 1.82) is 0 Å². The van der Waals surface area contributed by atoms with Crippen molar-refractivity contribution in [2.45, 2.75) is 0 Å². The van der Waals surface area contributed by atoms with Crippen molar-refractivity contribution in [1.82, 2.24) is 14.8 Å². The largest absolute Gasteiger partial charge is 0.409 e. The first kappa shape index (κ1) is 11.2. The molecule has 2 heterocycles. The molecule has 0 atom stereocenters. The first-order valence-corrected chi connectivity index (χ1v) is 5.67. The van der Waals surface area contributed by atoms with E-state index >= 15 is 0 Å². The van der Waals surface area contributed by atoms with Crippen LogP contribution in [0.2, 0.25) is 0 Å². The van der Waals surface area contributed by atoms with E-state index in [0.29, 0.717) is 11.4 Å². The monoisotopic (exact) mass is 253 g/mol. The van der Waals surface area contributed by atoms with E-state index in [-0.39, 0.29) is 5.84 Å². The van der Waals surface area contributed by atoms with Crippen LogP contribution in [0.3, 0.4) is 0 Å². The molecular weight excluding hydrogens is 242 g/mol. The Balaban J connectivity index is 2.28. The zero-order valence-electron chi connectivity index (χ0n) is 9.93. The molecule has 6 nitrogen and oxygen atoms in total. The predicted octanol–water partition coefficient (Wildman–Crippen LogP) is 1.51. The fourth-order valence-corrected chi connectivity index (χ4v) is 1.96. The summed E-state index contributed by atoms with van der Waals surface area (Å²) >= 11 is 0.